The molecule has 0 heterocycles. The van der Waals surface area contributed by atoms with E-state index in [4.69, 9.17) is 0 Å². The van der Waals surface area contributed by atoms with Gasteiger partial charge in [-0.1, -0.05) is 22.9 Å². The summed E-state index contributed by atoms with van der Waals surface area (Å²) in [4.78, 5) is 14.1. The van der Waals surface area contributed by atoms with E-state index in [1.54, 1.807) is 6.92 Å². The molecule has 3 heteroatoms. The van der Waals surface area contributed by atoms with Crippen molar-refractivity contribution in [3.63, 3.8) is 0 Å². The molecule has 0 atom stereocenters. The topological polar surface area (TPSA) is 20.3 Å². The molecule has 0 aromatic heterocycles. The number of hydrogen-bond donors (Lipinski definition) is 0. The van der Waals surface area contributed by atoms with Gasteiger partial charge in [0.2, 0.25) is 0 Å². The van der Waals surface area contributed by atoms with E-state index in [0.29, 0.717) is 6.04 Å². The molecule has 1 saturated carbocycles. The quantitative estimate of drug-likeness (QED) is 0.765. The van der Waals surface area contributed by atoms with Crippen LogP contribution in [0.5, 0.6) is 0 Å². The monoisotopic (exact) mass is 295 g/mol. The summed E-state index contributed by atoms with van der Waals surface area (Å²) in [6.45, 7) is 4.86. The molecule has 0 N–H and O–H groups in total. The highest BCUT2D eigenvalue weighted by Crippen LogP contribution is 2.35. The maximum atomic E-state index is 11.7. The van der Waals surface area contributed by atoms with E-state index in [1.807, 2.05) is 12.1 Å². The van der Waals surface area contributed by atoms with E-state index >= 15 is 0 Å². The van der Waals surface area contributed by atoms with E-state index in [9.17, 15) is 4.79 Å². The molecule has 0 spiro atoms. The molecule has 2 rings (SSSR count). The fourth-order valence-electron chi connectivity index (χ4n) is 2.17. The Bertz CT molecular complexity index is 426. The highest BCUT2D eigenvalue weighted by Gasteiger charge is 2.30. The Labute approximate surface area is 111 Å². The molecule has 0 bridgehead atoms. The summed E-state index contributed by atoms with van der Waals surface area (Å²) in [5.41, 5.74) is 1.93. The average Bonchev–Trinajstić information content (AvgIpc) is 3.10. The van der Waals surface area contributed by atoms with Gasteiger partial charge in [-0.05, 0) is 44.4 Å². The van der Waals surface area contributed by atoms with Crippen molar-refractivity contribution in [2.45, 2.75) is 39.2 Å². The minimum Gasteiger partial charge on any atom is -0.368 e. The number of Topliss-reactive ketones (excluding diaryl/α,β-unsaturated/α-hetero) is 1. The molecule has 0 unspecified atom stereocenters. The van der Waals surface area contributed by atoms with Gasteiger partial charge in [-0.3, -0.25) is 4.79 Å². The van der Waals surface area contributed by atoms with Gasteiger partial charge in [0.05, 0.1) is 0 Å². The second kappa shape index (κ2) is 5.21. The average molecular weight is 296 g/mol. The van der Waals surface area contributed by atoms with Gasteiger partial charge in [0.15, 0.2) is 5.78 Å². The lowest BCUT2D eigenvalue weighted by atomic mass is 10.1. The number of halogens is 1. The lowest BCUT2D eigenvalue weighted by Gasteiger charge is -2.26. The number of anilines is 1. The van der Waals surface area contributed by atoms with Crippen molar-refractivity contribution >= 4 is 27.4 Å². The Hall–Kier alpha value is -0.830. The third-order valence-corrected chi connectivity index (χ3v) is 3.59. The first-order chi connectivity index (χ1) is 8.13. The number of carbonyl (C=O) groups is 1. The largest absolute Gasteiger partial charge is 0.368 e. The Morgan fingerprint density at radius 3 is 2.71 bits per heavy atom. The first-order valence-corrected chi connectivity index (χ1v) is 7.00. The number of nitrogens with zero attached hydrogens (tertiary/aromatic N) is 1. The number of ketones is 1. The highest BCUT2D eigenvalue weighted by molar-refractivity contribution is 9.10. The van der Waals surface area contributed by atoms with Crippen LogP contribution in [0.25, 0.3) is 0 Å². The van der Waals surface area contributed by atoms with Crippen molar-refractivity contribution in [2.75, 3.05) is 11.4 Å². The van der Waals surface area contributed by atoms with E-state index < -0.39 is 0 Å². The van der Waals surface area contributed by atoms with Crippen molar-refractivity contribution < 1.29 is 4.79 Å². The number of rotatable bonds is 5. The lowest BCUT2D eigenvalue weighted by Crippen LogP contribution is -2.28. The molecular weight excluding hydrogens is 278 g/mol. The molecule has 17 heavy (non-hydrogen) atoms. The molecule has 92 valence electrons. The van der Waals surface area contributed by atoms with Crippen molar-refractivity contribution in [1.82, 2.24) is 0 Å². The summed E-state index contributed by atoms with van der Waals surface area (Å²) in [6.07, 6.45) is 3.63. The van der Waals surface area contributed by atoms with Crippen LogP contribution in [-0.4, -0.2) is 18.4 Å². The van der Waals surface area contributed by atoms with Crippen LogP contribution in [0.1, 0.15) is 43.5 Å². The smallest absolute Gasteiger partial charge is 0.161 e. The van der Waals surface area contributed by atoms with Gasteiger partial charge < -0.3 is 4.90 Å². The van der Waals surface area contributed by atoms with Crippen molar-refractivity contribution in [3.05, 3.63) is 28.2 Å². The molecule has 0 amide bonds. The predicted octanol–water partition coefficient (Wildman–Crippen LogP) is 4.03. The first kappa shape index (κ1) is 12.6. The summed E-state index contributed by atoms with van der Waals surface area (Å²) in [7, 11) is 0. The Morgan fingerprint density at radius 2 is 2.18 bits per heavy atom. The van der Waals surface area contributed by atoms with Gasteiger partial charge in [0.25, 0.3) is 0 Å². The van der Waals surface area contributed by atoms with E-state index in [-0.39, 0.29) is 5.78 Å². The Balaban J connectivity index is 2.37. The SMILES string of the molecule is CCCN(c1ccc(Br)cc1C(C)=O)C1CC1. The fraction of sp³-hybridized carbons (Fsp3) is 0.500. The van der Waals surface area contributed by atoms with Gasteiger partial charge >= 0.3 is 0 Å². The van der Waals surface area contributed by atoms with E-state index in [1.165, 1.54) is 12.8 Å². The van der Waals surface area contributed by atoms with Gasteiger partial charge in [-0.25, -0.2) is 0 Å². The molecule has 2 nitrogen and oxygen atoms in total. The maximum absolute atomic E-state index is 11.7. The van der Waals surface area contributed by atoms with E-state index in [0.717, 1.165) is 28.7 Å². The molecule has 1 aliphatic rings. The summed E-state index contributed by atoms with van der Waals surface area (Å²) >= 11 is 3.43. The minimum absolute atomic E-state index is 0.142. The van der Waals surface area contributed by atoms with Crippen LogP contribution in [0.2, 0.25) is 0 Å². The first-order valence-electron chi connectivity index (χ1n) is 6.20. The third kappa shape index (κ3) is 2.89. The van der Waals surface area contributed by atoms with Crippen molar-refractivity contribution in [3.8, 4) is 0 Å². The molecule has 1 aromatic rings. The molecule has 1 fully saturated rings. The van der Waals surface area contributed by atoms with Gasteiger partial charge in [0.1, 0.15) is 0 Å². The lowest BCUT2D eigenvalue weighted by molar-refractivity contribution is 0.101. The normalized spacial score (nSPS) is 14.8. The van der Waals surface area contributed by atoms with Crippen LogP contribution >= 0.6 is 15.9 Å². The molecule has 0 saturated heterocycles. The number of hydrogen-bond acceptors (Lipinski definition) is 2. The molecule has 0 aliphatic heterocycles. The minimum atomic E-state index is 0.142. The zero-order valence-electron chi connectivity index (χ0n) is 10.4. The predicted molar refractivity (Wildman–Crippen MR) is 74.8 cm³/mol. The van der Waals surface area contributed by atoms with E-state index in [2.05, 4.69) is 33.8 Å². The van der Waals surface area contributed by atoms with Gasteiger partial charge in [-0.15, -0.1) is 0 Å². The fourth-order valence-corrected chi connectivity index (χ4v) is 2.53. The summed E-state index contributed by atoms with van der Waals surface area (Å²) in [6, 6.07) is 6.67. The Kier molecular flexibility index (Phi) is 3.87. The van der Waals surface area contributed by atoms with Crippen LogP contribution in [0, 0.1) is 0 Å². The zero-order chi connectivity index (χ0) is 12.4. The van der Waals surface area contributed by atoms with Crippen LogP contribution in [-0.2, 0) is 0 Å². The summed E-state index contributed by atoms with van der Waals surface area (Å²) < 4.78 is 0.971. The molecule has 0 radical (unpaired) electrons. The molecule has 1 aromatic carbocycles. The second-order valence-corrected chi connectivity index (χ2v) is 5.56. The van der Waals surface area contributed by atoms with Crippen molar-refractivity contribution in [1.29, 1.82) is 0 Å². The summed E-state index contributed by atoms with van der Waals surface area (Å²) in [5.74, 6) is 0.142. The van der Waals surface area contributed by atoms with Crippen LogP contribution in [0.3, 0.4) is 0 Å². The highest BCUT2D eigenvalue weighted by atomic mass is 79.9. The van der Waals surface area contributed by atoms with Crippen molar-refractivity contribution in [2.24, 2.45) is 0 Å². The van der Waals surface area contributed by atoms with Gasteiger partial charge in [-0.2, -0.15) is 0 Å². The molecular formula is C14H18BrNO. The second-order valence-electron chi connectivity index (χ2n) is 4.64. The number of benzene rings is 1. The van der Waals surface area contributed by atoms with Crippen LogP contribution in [0.4, 0.5) is 5.69 Å². The summed E-state index contributed by atoms with van der Waals surface area (Å²) in [5, 5.41) is 0. The number of carbonyl (C=O) groups excluding carboxylic acids is 1. The van der Waals surface area contributed by atoms with Crippen LogP contribution in [0.15, 0.2) is 22.7 Å². The standard InChI is InChI=1S/C14H18BrNO/c1-3-8-16(12-5-6-12)14-7-4-11(15)9-13(14)10(2)17/h4,7,9,12H,3,5-6,8H2,1-2H3. The van der Waals surface area contributed by atoms with Crippen LogP contribution < -0.4 is 4.90 Å². The zero-order valence-corrected chi connectivity index (χ0v) is 12.0. The maximum Gasteiger partial charge on any atom is 0.161 e. The van der Waals surface area contributed by atoms with Gasteiger partial charge in [0, 0.05) is 28.3 Å². The third-order valence-electron chi connectivity index (χ3n) is 3.10. The molecule has 1 aliphatic carbocycles. The Morgan fingerprint density at radius 1 is 1.47 bits per heavy atom.